The zero-order chi connectivity index (χ0) is 11.6. The van der Waals surface area contributed by atoms with E-state index in [0.29, 0.717) is 11.8 Å². The van der Waals surface area contributed by atoms with Gasteiger partial charge in [0.15, 0.2) is 0 Å². The highest BCUT2D eigenvalue weighted by molar-refractivity contribution is 7.16. The van der Waals surface area contributed by atoms with Gasteiger partial charge in [0.25, 0.3) is 0 Å². The molecular formula is C12H15N3OS. The number of aromatic nitrogens is 3. The highest BCUT2D eigenvalue weighted by Gasteiger charge is 2.56. The molecule has 2 aromatic rings. The van der Waals surface area contributed by atoms with Gasteiger partial charge in [0, 0.05) is 0 Å². The van der Waals surface area contributed by atoms with E-state index in [1.165, 1.54) is 0 Å². The number of imidazole rings is 1. The molecule has 2 heterocycles. The Morgan fingerprint density at radius 3 is 2.53 bits per heavy atom. The van der Waals surface area contributed by atoms with E-state index in [1.807, 2.05) is 17.6 Å². The van der Waals surface area contributed by atoms with Crippen LogP contribution in [0.1, 0.15) is 36.4 Å². The van der Waals surface area contributed by atoms with E-state index in [0.717, 1.165) is 41.3 Å². The Morgan fingerprint density at radius 1 is 1.35 bits per heavy atom. The first-order valence-corrected chi connectivity index (χ1v) is 7.05. The molecule has 2 aliphatic rings. The molecule has 4 nitrogen and oxygen atoms in total. The summed E-state index contributed by atoms with van der Waals surface area (Å²) in [5, 5.41) is 16.4. The van der Waals surface area contributed by atoms with Crippen molar-refractivity contribution in [2.24, 2.45) is 11.8 Å². The molecule has 2 aliphatic carbocycles. The van der Waals surface area contributed by atoms with E-state index < -0.39 is 5.60 Å². The van der Waals surface area contributed by atoms with Crippen LogP contribution < -0.4 is 0 Å². The third kappa shape index (κ3) is 1.39. The van der Waals surface area contributed by atoms with Crippen molar-refractivity contribution in [1.82, 2.24) is 14.6 Å². The van der Waals surface area contributed by atoms with Crippen LogP contribution in [0.5, 0.6) is 0 Å². The molecule has 17 heavy (non-hydrogen) atoms. The summed E-state index contributed by atoms with van der Waals surface area (Å²) in [6.45, 7) is 1.97. The first-order chi connectivity index (χ1) is 8.18. The molecule has 2 saturated carbocycles. The summed E-state index contributed by atoms with van der Waals surface area (Å²) in [6.07, 6.45) is 6.51. The fraction of sp³-hybridized carbons (Fsp3) is 0.667. The quantitative estimate of drug-likeness (QED) is 0.906. The maximum Gasteiger partial charge on any atom is 0.212 e. The fourth-order valence-electron chi connectivity index (χ4n) is 2.70. The van der Waals surface area contributed by atoms with Crippen LogP contribution in [-0.4, -0.2) is 19.7 Å². The average Bonchev–Trinajstić information content (AvgIpc) is 3.16. The summed E-state index contributed by atoms with van der Waals surface area (Å²) in [5.74, 6) is 0.874. The number of rotatable bonds is 3. The molecule has 2 fully saturated rings. The van der Waals surface area contributed by atoms with Crippen LogP contribution in [0.15, 0.2) is 6.20 Å². The van der Waals surface area contributed by atoms with Crippen molar-refractivity contribution in [3.8, 4) is 0 Å². The summed E-state index contributed by atoms with van der Waals surface area (Å²) < 4.78 is 1.81. The van der Waals surface area contributed by atoms with Crippen molar-refractivity contribution in [1.29, 1.82) is 0 Å². The van der Waals surface area contributed by atoms with Gasteiger partial charge in [-0.3, -0.25) is 0 Å². The van der Waals surface area contributed by atoms with Gasteiger partial charge in [-0.15, -0.1) is 0 Å². The highest BCUT2D eigenvalue weighted by Crippen LogP contribution is 2.57. The van der Waals surface area contributed by atoms with Gasteiger partial charge in [-0.25, -0.2) is 9.50 Å². The number of nitrogens with zero attached hydrogens (tertiary/aromatic N) is 3. The van der Waals surface area contributed by atoms with E-state index in [9.17, 15) is 5.11 Å². The molecule has 0 atom stereocenters. The zero-order valence-corrected chi connectivity index (χ0v) is 10.6. The standard InChI is InChI=1S/C12H15N3OS/c1-7-6-15-11(13-7)17-10(14-15)12(16,8-2-3-8)9-4-5-9/h6,8-9,16H,2-5H2,1H3. The van der Waals surface area contributed by atoms with Crippen LogP contribution in [0.2, 0.25) is 0 Å². The lowest BCUT2D eigenvalue weighted by Crippen LogP contribution is -2.31. The Labute approximate surface area is 103 Å². The number of fused-ring (bicyclic) bond motifs is 1. The molecule has 0 bridgehead atoms. The van der Waals surface area contributed by atoms with Crippen LogP contribution in [0.4, 0.5) is 0 Å². The predicted molar refractivity (Wildman–Crippen MR) is 64.9 cm³/mol. The molecule has 0 unspecified atom stereocenters. The predicted octanol–water partition coefficient (Wildman–Crippen LogP) is 2.11. The van der Waals surface area contributed by atoms with E-state index in [4.69, 9.17) is 0 Å². The summed E-state index contributed by atoms with van der Waals surface area (Å²) >= 11 is 1.55. The molecule has 2 aromatic heterocycles. The molecule has 90 valence electrons. The van der Waals surface area contributed by atoms with Crippen molar-refractivity contribution in [2.75, 3.05) is 0 Å². The zero-order valence-electron chi connectivity index (χ0n) is 9.76. The third-order valence-electron chi connectivity index (χ3n) is 3.91. The van der Waals surface area contributed by atoms with Gasteiger partial charge in [-0.1, -0.05) is 11.3 Å². The second-order valence-corrected chi connectivity index (χ2v) is 6.35. The third-order valence-corrected chi connectivity index (χ3v) is 4.97. The smallest absolute Gasteiger partial charge is 0.212 e. The van der Waals surface area contributed by atoms with Crippen molar-refractivity contribution >= 4 is 16.3 Å². The summed E-state index contributed by atoms with van der Waals surface area (Å²) in [5.41, 5.74) is 0.330. The first-order valence-electron chi connectivity index (χ1n) is 6.23. The number of aliphatic hydroxyl groups is 1. The monoisotopic (exact) mass is 249 g/mol. The molecule has 5 heteroatoms. The second kappa shape index (κ2) is 3.09. The average molecular weight is 249 g/mol. The molecule has 0 radical (unpaired) electrons. The molecule has 4 rings (SSSR count). The molecule has 1 N–H and O–H groups in total. The lowest BCUT2D eigenvalue weighted by molar-refractivity contribution is -0.0112. The number of hydrogen-bond acceptors (Lipinski definition) is 4. The maximum atomic E-state index is 11.0. The van der Waals surface area contributed by atoms with Crippen LogP contribution in [0.3, 0.4) is 0 Å². The van der Waals surface area contributed by atoms with Crippen molar-refractivity contribution in [3.63, 3.8) is 0 Å². The van der Waals surface area contributed by atoms with Crippen LogP contribution in [-0.2, 0) is 5.60 Å². The fourth-order valence-corrected chi connectivity index (χ4v) is 3.88. The largest absolute Gasteiger partial charge is 0.382 e. The summed E-state index contributed by atoms with van der Waals surface area (Å²) in [6, 6.07) is 0. The van der Waals surface area contributed by atoms with E-state index in [2.05, 4.69) is 10.1 Å². The Kier molecular flexibility index (Phi) is 1.82. The lowest BCUT2D eigenvalue weighted by Gasteiger charge is -2.24. The number of hydrogen-bond donors (Lipinski definition) is 1. The van der Waals surface area contributed by atoms with Crippen LogP contribution in [0.25, 0.3) is 4.96 Å². The van der Waals surface area contributed by atoms with Crippen molar-refractivity contribution in [2.45, 2.75) is 38.2 Å². The lowest BCUT2D eigenvalue weighted by atomic mass is 9.93. The first kappa shape index (κ1) is 10.0. The van der Waals surface area contributed by atoms with Crippen molar-refractivity contribution in [3.05, 3.63) is 16.9 Å². The normalized spacial score (nSPS) is 21.3. The summed E-state index contributed by atoms with van der Waals surface area (Å²) in [7, 11) is 0. The van der Waals surface area contributed by atoms with Crippen LogP contribution in [0, 0.1) is 18.8 Å². The molecule has 0 spiro atoms. The van der Waals surface area contributed by atoms with Gasteiger partial charge in [0.2, 0.25) is 4.96 Å². The van der Waals surface area contributed by atoms with Gasteiger partial charge in [-0.05, 0) is 44.4 Å². The van der Waals surface area contributed by atoms with Crippen molar-refractivity contribution < 1.29 is 5.11 Å². The topological polar surface area (TPSA) is 50.4 Å². The summed E-state index contributed by atoms with van der Waals surface area (Å²) in [4.78, 5) is 5.31. The van der Waals surface area contributed by atoms with Crippen LogP contribution >= 0.6 is 11.3 Å². The Bertz CT molecular complexity index is 536. The van der Waals surface area contributed by atoms with Gasteiger partial charge in [0.05, 0.1) is 11.9 Å². The van der Waals surface area contributed by atoms with Gasteiger partial charge in [0.1, 0.15) is 10.6 Å². The van der Waals surface area contributed by atoms with E-state index in [1.54, 1.807) is 11.3 Å². The van der Waals surface area contributed by atoms with Gasteiger partial charge in [-0.2, -0.15) is 5.10 Å². The molecule has 0 saturated heterocycles. The Balaban J connectivity index is 1.82. The molecule has 0 aromatic carbocycles. The minimum absolute atomic E-state index is 0.437. The Hall–Kier alpha value is -0.940. The Morgan fingerprint density at radius 2 is 2.00 bits per heavy atom. The molecular weight excluding hydrogens is 234 g/mol. The minimum atomic E-state index is -0.654. The second-order valence-electron chi connectivity index (χ2n) is 5.39. The molecule has 0 amide bonds. The SMILES string of the molecule is Cc1cn2nc(C(O)(C3CC3)C3CC3)sc2n1. The van der Waals surface area contributed by atoms with Gasteiger partial charge >= 0.3 is 0 Å². The minimum Gasteiger partial charge on any atom is -0.382 e. The van der Waals surface area contributed by atoms with E-state index in [-0.39, 0.29) is 0 Å². The molecule has 0 aliphatic heterocycles. The maximum absolute atomic E-state index is 11.0. The number of aryl methyl sites for hydroxylation is 1. The van der Waals surface area contributed by atoms with Gasteiger partial charge < -0.3 is 5.11 Å². The van der Waals surface area contributed by atoms with E-state index >= 15 is 0 Å². The highest BCUT2D eigenvalue weighted by atomic mass is 32.1.